The van der Waals surface area contributed by atoms with Crippen molar-refractivity contribution in [2.75, 3.05) is 0 Å². The maximum absolute atomic E-state index is 12.6. The highest BCUT2D eigenvalue weighted by Gasteiger charge is 2.51. The fraction of sp³-hybridized carbons (Fsp3) is 0.667. The van der Waals surface area contributed by atoms with Gasteiger partial charge in [0, 0.05) is 5.54 Å². The van der Waals surface area contributed by atoms with E-state index < -0.39 is 6.04 Å². The monoisotopic (exact) mass is 332 g/mol. The summed E-state index contributed by atoms with van der Waals surface area (Å²) in [5.41, 5.74) is 0.00769. The Morgan fingerprint density at radius 3 is 2.30 bits per heavy atom. The first-order chi connectivity index (χ1) is 11.0. The second kappa shape index (κ2) is 5.62. The van der Waals surface area contributed by atoms with Crippen molar-refractivity contribution in [2.24, 2.45) is 17.8 Å². The predicted octanol–water partition coefficient (Wildman–Crippen LogP) is 2.95. The Morgan fingerprint density at radius 2 is 1.78 bits per heavy atom. The van der Waals surface area contributed by atoms with Crippen LogP contribution in [0.25, 0.3) is 0 Å². The smallest absolute Gasteiger partial charge is 0.261 e. The van der Waals surface area contributed by atoms with Crippen LogP contribution in [0.1, 0.15) is 55.1 Å². The lowest BCUT2D eigenvalue weighted by atomic mass is 9.53. The predicted molar refractivity (Wildman–Crippen MR) is 90.3 cm³/mol. The molecule has 0 aromatic carbocycles. The molecule has 5 rings (SSSR count). The van der Waals surface area contributed by atoms with Crippen molar-refractivity contribution >= 4 is 23.2 Å². The Labute approximate surface area is 141 Å². The number of hydrogen-bond acceptors (Lipinski definition) is 3. The van der Waals surface area contributed by atoms with Gasteiger partial charge in [0.15, 0.2) is 0 Å². The Kier molecular flexibility index (Phi) is 3.71. The van der Waals surface area contributed by atoms with Gasteiger partial charge in [-0.3, -0.25) is 9.59 Å². The van der Waals surface area contributed by atoms with Crippen LogP contribution in [0.5, 0.6) is 0 Å². The Hall–Kier alpha value is -1.36. The van der Waals surface area contributed by atoms with Gasteiger partial charge in [0.2, 0.25) is 5.91 Å². The highest BCUT2D eigenvalue weighted by molar-refractivity contribution is 7.12. The van der Waals surface area contributed by atoms with Gasteiger partial charge in [0.05, 0.1) is 4.88 Å². The van der Waals surface area contributed by atoms with Gasteiger partial charge in [-0.1, -0.05) is 6.07 Å². The van der Waals surface area contributed by atoms with Crippen LogP contribution >= 0.6 is 11.3 Å². The molecule has 23 heavy (non-hydrogen) atoms. The van der Waals surface area contributed by atoms with Crippen LogP contribution in [0, 0.1) is 17.8 Å². The molecule has 1 aromatic rings. The normalized spacial score (nSPS) is 35.8. The summed E-state index contributed by atoms with van der Waals surface area (Å²) in [6.45, 7) is 1.78. The van der Waals surface area contributed by atoms with E-state index in [4.69, 9.17) is 0 Å². The van der Waals surface area contributed by atoms with Crippen molar-refractivity contribution < 1.29 is 9.59 Å². The van der Waals surface area contributed by atoms with Gasteiger partial charge < -0.3 is 10.6 Å². The molecule has 1 atom stereocenters. The molecule has 0 spiro atoms. The van der Waals surface area contributed by atoms with Crippen molar-refractivity contribution in [1.82, 2.24) is 10.6 Å². The summed E-state index contributed by atoms with van der Waals surface area (Å²) < 4.78 is 0. The summed E-state index contributed by atoms with van der Waals surface area (Å²) in [5, 5.41) is 8.02. The molecule has 4 fully saturated rings. The average molecular weight is 332 g/mol. The number of carbonyl (C=O) groups is 2. The second-order valence-electron chi connectivity index (χ2n) is 7.86. The van der Waals surface area contributed by atoms with Crippen molar-refractivity contribution in [1.29, 1.82) is 0 Å². The van der Waals surface area contributed by atoms with Crippen molar-refractivity contribution in [3.05, 3.63) is 22.4 Å². The van der Waals surface area contributed by atoms with E-state index in [1.54, 1.807) is 13.0 Å². The van der Waals surface area contributed by atoms with Gasteiger partial charge in [-0.25, -0.2) is 0 Å². The molecule has 1 heterocycles. The van der Waals surface area contributed by atoms with Crippen LogP contribution < -0.4 is 10.6 Å². The van der Waals surface area contributed by atoms with E-state index in [-0.39, 0.29) is 17.4 Å². The third-order valence-electron chi connectivity index (χ3n) is 5.91. The molecule has 4 nitrogen and oxygen atoms in total. The van der Waals surface area contributed by atoms with E-state index in [9.17, 15) is 9.59 Å². The van der Waals surface area contributed by atoms with Crippen LogP contribution in [-0.2, 0) is 4.79 Å². The summed E-state index contributed by atoms with van der Waals surface area (Å²) in [5.74, 6) is 2.22. The fourth-order valence-corrected chi connectivity index (χ4v) is 6.00. The third-order valence-corrected chi connectivity index (χ3v) is 6.78. The van der Waals surface area contributed by atoms with Crippen LogP contribution in [-0.4, -0.2) is 23.4 Å². The molecule has 4 aliphatic carbocycles. The minimum atomic E-state index is -0.488. The lowest BCUT2D eigenvalue weighted by Gasteiger charge is -2.57. The van der Waals surface area contributed by atoms with Crippen LogP contribution in [0.15, 0.2) is 17.5 Å². The lowest BCUT2D eigenvalue weighted by Crippen LogP contribution is -2.62. The SMILES string of the molecule is CC(NC(=O)c1cccs1)C(=O)NC12CC3CC(CC(C3)C1)C2. The first-order valence-electron chi connectivity index (χ1n) is 8.69. The van der Waals surface area contributed by atoms with Gasteiger partial charge in [-0.05, 0) is 74.6 Å². The van der Waals surface area contributed by atoms with E-state index in [1.807, 2.05) is 11.4 Å². The molecule has 2 amide bonds. The number of thiophene rings is 1. The molecule has 124 valence electrons. The van der Waals surface area contributed by atoms with Gasteiger partial charge in [-0.15, -0.1) is 11.3 Å². The second-order valence-corrected chi connectivity index (χ2v) is 8.81. The number of carbonyl (C=O) groups excluding carboxylic acids is 2. The molecular weight excluding hydrogens is 308 g/mol. The minimum Gasteiger partial charge on any atom is -0.349 e. The van der Waals surface area contributed by atoms with Gasteiger partial charge in [-0.2, -0.15) is 0 Å². The first-order valence-corrected chi connectivity index (χ1v) is 9.57. The van der Waals surface area contributed by atoms with Crippen LogP contribution in [0.4, 0.5) is 0 Å². The lowest BCUT2D eigenvalue weighted by molar-refractivity contribution is -0.128. The highest BCUT2D eigenvalue weighted by Crippen LogP contribution is 2.55. The van der Waals surface area contributed by atoms with Crippen molar-refractivity contribution in [3.63, 3.8) is 0 Å². The van der Waals surface area contributed by atoms with Crippen molar-refractivity contribution in [3.8, 4) is 0 Å². The molecule has 1 aromatic heterocycles. The quantitative estimate of drug-likeness (QED) is 0.890. The van der Waals surface area contributed by atoms with E-state index in [2.05, 4.69) is 10.6 Å². The summed E-state index contributed by atoms with van der Waals surface area (Å²) in [6, 6.07) is 3.14. The molecule has 0 saturated heterocycles. The van der Waals surface area contributed by atoms with E-state index in [0.29, 0.717) is 4.88 Å². The topological polar surface area (TPSA) is 58.2 Å². The summed E-state index contributed by atoms with van der Waals surface area (Å²) >= 11 is 1.40. The largest absolute Gasteiger partial charge is 0.349 e. The molecule has 5 heteroatoms. The van der Waals surface area contributed by atoms with Gasteiger partial charge >= 0.3 is 0 Å². The summed E-state index contributed by atoms with van der Waals surface area (Å²) in [4.78, 5) is 25.4. The third kappa shape index (κ3) is 2.91. The fourth-order valence-electron chi connectivity index (χ4n) is 5.37. The minimum absolute atomic E-state index is 0.00769. The van der Waals surface area contributed by atoms with E-state index in [1.165, 1.54) is 30.6 Å². The van der Waals surface area contributed by atoms with Gasteiger partial charge in [0.25, 0.3) is 5.91 Å². The standard InChI is InChI=1S/C18H24N2O2S/c1-11(19-17(22)15-3-2-4-23-15)16(21)20-18-8-12-5-13(9-18)7-14(6-12)10-18/h2-4,11-14H,5-10H2,1H3,(H,19,22)(H,20,21). The van der Waals surface area contributed by atoms with Gasteiger partial charge in [0.1, 0.15) is 6.04 Å². The highest BCUT2D eigenvalue weighted by atomic mass is 32.1. The van der Waals surface area contributed by atoms with E-state index >= 15 is 0 Å². The Bertz CT molecular complexity index is 575. The zero-order valence-electron chi connectivity index (χ0n) is 13.5. The van der Waals surface area contributed by atoms with Crippen LogP contribution in [0.3, 0.4) is 0 Å². The van der Waals surface area contributed by atoms with E-state index in [0.717, 1.165) is 37.0 Å². The molecule has 4 bridgehead atoms. The summed E-state index contributed by atoms with van der Waals surface area (Å²) in [6.07, 6.45) is 7.49. The zero-order valence-corrected chi connectivity index (χ0v) is 14.3. The molecule has 0 radical (unpaired) electrons. The van der Waals surface area contributed by atoms with Crippen LogP contribution in [0.2, 0.25) is 0 Å². The number of rotatable bonds is 4. The summed E-state index contributed by atoms with van der Waals surface area (Å²) in [7, 11) is 0. The zero-order chi connectivity index (χ0) is 16.0. The Balaban J connectivity index is 1.39. The number of hydrogen-bond donors (Lipinski definition) is 2. The Morgan fingerprint density at radius 1 is 1.17 bits per heavy atom. The molecule has 1 unspecified atom stereocenters. The molecular formula is C18H24N2O2S. The average Bonchev–Trinajstić information content (AvgIpc) is 2.99. The maximum atomic E-state index is 12.6. The van der Waals surface area contributed by atoms with Crippen molar-refractivity contribution in [2.45, 2.75) is 57.0 Å². The first kappa shape index (κ1) is 15.2. The maximum Gasteiger partial charge on any atom is 0.261 e. The number of nitrogens with one attached hydrogen (secondary N) is 2. The number of amides is 2. The molecule has 4 saturated carbocycles. The molecule has 2 N–H and O–H groups in total. The molecule has 4 aliphatic rings. The molecule has 0 aliphatic heterocycles.